The molecule has 0 aliphatic carbocycles. The van der Waals surface area contributed by atoms with E-state index in [2.05, 4.69) is 14.9 Å². The van der Waals surface area contributed by atoms with Gasteiger partial charge in [0.05, 0.1) is 15.8 Å². The van der Waals surface area contributed by atoms with Crippen LogP contribution in [-0.4, -0.2) is 18.6 Å². The zero-order chi connectivity index (χ0) is 21.1. The van der Waals surface area contributed by atoms with Gasteiger partial charge in [-0.25, -0.2) is 12.8 Å². The topological polar surface area (TPSA) is 72.0 Å². The van der Waals surface area contributed by atoms with Crippen LogP contribution >= 0.6 is 22.9 Å². The molecular weight excluding hydrogens is 445 g/mol. The normalized spacial score (nSPS) is 11.6. The SMILES string of the molecule is O=S(=O)(Nc1nnc(C(c2ccccc2)c2ccccc2)s1)c1ccc(F)c(Cl)c1. The average Bonchev–Trinajstić information content (AvgIpc) is 3.19. The van der Waals surface area contributed by atoms with Crippen LogP contribution in [0.5, 0.6) is 0 Å². The molecule has 152 valence electrons. The zero-order valence-electron chi connectivity index (χ0n) is 15.4. The van der Waals surface area contributed by atoms with E-state index in [1.165, 1.54) is 0 Å². The molecule has 4 aromatic rings. The summed E-state index contributed by atoms with van der Waals surface area (Å²) in [5, 5.41) is 8.72. The number of halogens is 2. The van der Waals surface area contributed by atoms with Crippen LogP contribution in [0, 0.1) is 5.82 Å². The molecule has 30 heavy (non-hydrogen) atoms. The molecule has 0 aliphatic rings. The van der Waals surface area contributed by atoms with E-state index in [9.17, 15) is 12.8 Å². The summed E-state index contributed by atoms with van der Waals surface area (Å²) < 4.78 is 41.0. The third kappa shape index (κ3) is 4.35. The Hall–Kier alpha value is -2.81. The molecule has 0 aliphatic heterocycles. The molecular formula is C21H15ClFN3O2S2. The molecule has 0 radical (unpaired) electrons. The van der Waals surface area contributed by atoms with Gasteiger partial charge in [-0.3, -0.25) is 4.72 Å². The molecule has 3 aromatic carbocycles. The largest absolute Gasteiger partial charge is 0.263 e. The van der Waals surface area contributed by atoms with Gasteiger partial charge >= 0.3 is 0 Å². The van der Waals surface area contributed by atoms with Crippen molar-refractivity contribution in [1.29, 1.82) is 0 Å². The average molecular weight is 460 g/mol. The van der Waals surface area contributed by atoms with E-state index in [1.807, 2.05) is 60.7 Å². The molecule has 0 spiro atoms. The number of aromatic nitrogens is 2. The highest BCUT2D eigenvalue weighted by Gasteiger charge is 2.23. The Balaban J connectivity index is 1.67. The summed E-state index contributed by atoms with van der Waals surface area (Å²) in [7, 11) is -3.99. The maximum Gasteiger partial charge on any atom is 0.263 e. The van der Waals surface area contributed by atoms with Crippen LogP contribution in [0.1, 0.15) is 22.1 Å². The number of benzene rings is 3. The van der Waals surface area contributed by atoms with Gasteiger partial charge in [-0.1, -0.05) is 83.6 Å². The fraction of sp³-hybridized carbons (Fsp3) is 0.0476. The second-order valence-corrected chi connectivity index (χ2v) is 9.48. The van der Waals surface area contributed by atoms with E-state index < -0.39 is 15.8 Å². The molecule has 0 atom stereocenters. The molecule has 1 aromatic heterocycles. The first-order chi connectivity index (χ1) is 14.4. The van der Waals surface area contributed by atoms with E-state index in [1.54, 1.807) is 0 Å². The van der Waals surface area contributed by atoms with Crippen molar-refractivity contribution in [2.75, 3.05) is 4.72 Å². The van der Waals surface area contributed by atoms with Crippen LogP contribution in [-0.2, 0) is 10.0 Å². The molecule has 5 nitrogen and oxygen atoms in total. The van der Waals surface area contributed by atoms with Crippen molar-refractivity contribution < 1.29 is 12.8 Å². The van der Waals surface area contributed by atoms with E-state index in [4.69, 9.17) is 11.6 Å². The van der Waals surface area contributed by atoms with Gasteiger partial charge < -0.3 is 0 Å². The quantitative estimate of drug-likeness (QED) is 0.424. The van der Waals surface area contributed by atoms with Crippen LogP contribution in [0.4, 0.5) is 9.52 Å². The van der Waals surface area contributed by atoms with E-state index in [0.717, 1.165) is 40.7 Å². The Kier molecular flexibility index (Phi) is 5.80. The van der Waals surface area contributed by atoms with Crippen molar-refractivity contribution >= 4 is 38.1 Å². The number of anilines is 1. The Morgan fingerprint density at radius 3 is 2.07 bits per heavy atom. The molecule has 0 saturated heterocycles. The summed E-state index contributed by atoms with van der Waals surface area (Å²) >= 11 is 6.85. The fourth-order valence-corrected chi connectivity index (χ4v) is 5.38. The van der Waals surface area contributed by atoms with Gasteiger partial charge in [-0.15, -0.1) is 10.2 Å². The van der Waals surface area contributed by atoms with Crippen LogP contribution in [0.2, 0.25) is 5.02 Å². The third-order valence-electron chi connectivity index (χ3n) is 4.38. The maximum absolute atomic E-state index is 13.4. The van der Waals surface area contributed by atoms with E-state index in [0.29, 0.717) is 5.01 Å². The highest BCUT2D eigenvalue weighted by atomic mass is 35.5. The van der Waals surface area contributed by atoms with Crippen molar-refractivity contribution in [1.82, 2.24) is 10.2 Å². The van der Waals surface area contributed by atoms with Crippen LogP contribution in [0.3, 0.4) is 0 Å². The molecule has 0 saturated carbocycles. The van der Waals surface area contributed by atoms with Gasteiger partial charge in [0.1, 0.15) is 10.8 Å². The molecule has 0 unspecified atom stereocenters. The van der Waals surface area contributed by atoms with Gasteiger partial charge in [-0.05, 0) is 29.3 Å². The lowest BCUT2D eigenvalue weighted by atomic mass is 9.92. The highest BCUT2D eigenvalue weighted by Crippen LogP contribution is 2.35. The molecule has 1 N–H and O–H groups in total. The summed E-state index contributed by atoms with van der Waals surface area (Å²) in [6.45, 7) is 0. The molecule has 9 heteroatoms. The number of sulfonamides is 1. The Labute approximate surface area is 182 Å². The minimum absolute atomic E-state index is 0.113. The van der Waals surface area contributed by atoms with Gasteiger partial charge in [-0.2, -0.15) is 0 Å². The first kappa shape index (κ1) is 20.5. The number of hydrogen-bond donors (Lipinski definition) is 1. The minimum atomic E-state index is -3.99. The first-order valence-corrected chi connectivity index (χ1v) is 11.5. The number of rotatable bonds is 6. The minimum Gasteiger partial charge on any atom is -0.253 e. The molecule has 1 heterocycles. The number of nitrogens with zero attached hydrogens (tertiary/aromatic N) is 2. The standard InChI is InChI=1S/C21H15ClFN3O2S2/c22-17-13-16(11-12-18(17)23)30(27,28)26-21-25-24-20(29-21)19(14-7-3-1-4-8-14)15-9-5-2-6-10-15/h1-13,19H,(H,25,26). The fourth-order valence-electron chi connectivity index (χ4n) is 2.98. The Morgan fingerprint density at radius 2 is 1.50 bits per heavy atom. The predicted molar refractivity (Wildman–Crippen MR) is 116 cm³/mol. The van der Waals surface area contributed by atoms with Crippen molar-refractivity contribution in [3.8, 4) is 0 Å². The summed E-state index contributed by atoms with van der Waals surface area (Å²) in [5.41, 5.74) is 2.03. The van der Waals surface area contributed by atoms with Crippen LogP contribution in [0.25, 0.3) is 0 Å². The van der Waals surface area contributed by atoms with Crippen molar-refractivity contribution in [3.63, 3.8) is 0 Å². The summed E-state index contributed by atoms with van der Waals surface area (Å²) in [5.74, 6) is -0.884. The van der Waals surface area contributed by atoms with Crippen molar-refractivity contribution in [3.05, 3.63) is 106 Å². The monoisotopic (exact) mass is 459 g/mol. The van der Waals surface area contributed by atoms with Gasteiger partial charge in [0.15, 0.2) is 0 Å². The van der Waals surface area contributed by atoms with E-state index >= 15 is 0 Å². The summed E-state index contributed by atoms with van der Waals surface area (Å²) in [4.78, 5) is -0.159. The Bertz CT molecular complexity index is 1230. The molecule has 0 bridgehead atoms. The van der Waals surface area contributed by atoms with Crippen molar-refractivity contribution in [2.24, 2.45) is 0 Å². The second-order valence-electron chi connectivity index (χ2n) is 6.38. The van der Waals surface area contributed by atoms with E-state index in [-0.39, 0.29) is 21.0 Å². The smallest absolute Gasteiger partial charge is 0.253 e. The summed E-state index contributed by atoms with van der Waals surface area (Å²) in [6, 6.07) is 22.8. The second kappa shape index (κ2) is 8.51. The lowest BCUT2D eigenvalue weighted by Gasteiger charge is -2.14. The van der Waals surface area contributed by atoms with Gasteiger partial charge in [0, 0.05) is 0 Å². The maximum atomic E-state index is 13.4. The van der Waals surface area contributed by atoms with Crippen LogP contribution < -0.4 is 4.72 Å². The van der Waals surface area contributed by atoms with Crippen molar-refractivity contribution in [2.45, 2.75) is 10.8 Å². The van der Waals surface area contributed by atoms with Gasteiger partial charge in [0.2, 0.25) is 5.13 Å². The lowest BCUT2D eigenvalue weighted by Crippen LogP contribution is -2.12. The number of nitrogens with one attached hydrogen (secondary N) is 1. The summed E-state index contributed by atoms with van der Waals surface area (Å²) in [6.07, 6.45) is 0. The lowest BCUT2D eigenvalue weighted by molar-refractivity contribution is 0.599. The number of hydrogen-bond acceptors (Lipinski definition) is 5. The first-order valence-electron chi connectivity index (χ1n) is 8.85. The predicted octanol–water partition coefficient (Wildman–Crippen LogP) is 5.31. The molecule has 0 amide bonds. The van der Waals surface area contributed by atoms with Gasteiger partial charge in [0.25, 0.3) is 10.0 Å². The third-order valence-corrected chi connectivity index (χ3v) is 7.04. The zero-order valence-corrected chi connectivity index (χ0v) is 17.8. The molecule has 0 fully saturated rings. The Morgan fingerprint density at radius 1 is 0.900 bits per heavy atom. The molecule has 4 rings (SSSR count). The highest BCUT2D eigenvalue weighted by molar-refractivity contribution is 7.93. The van der Waals surface area contributed by atoms with Crippen LogP contribution in [0.15, 0.2) is 83.8 Å².